The van der Waals surface area contributed by atoms with Gasteiger partial charge in [-0.25, -0.2) is 13.8 Å². The van der Waals surface area contributed by atoms with Crippen molar-refractivity contribution in [3.05, 3.63) is 53.1 Å². The predicted molar refractivity (Wildman–Crippen MR) is 73.7 cm³/mol. The Balaban J connectivity index is 1.70. The van der Waals surface area contributed by atoms with Crippen LogP contribution in [0.25, 0.3) is 0 Å². The lowest BCUT2D eigenvalue weighted by atomic mass is 10.1. The number of morpholine rings is 1. The Labute approximate surface area is 121 Å². The summed E-state index contributed by atoms with van der Waals surface area (Å²) in [5, 5.41) is 0. The molecule has 1 N–H and O–H groups in total. The maximum absolute atomic E-state index is 13.7. The molecule has 3 rings (SSSR count). The Kier molecular flexibility index (Phi) is 3.98. The molecular weight excluding hydrogens is 276 g/mol. The van der Waals surface area contributed by atoms with Crippen molar-refractivity contribution >= 4 is 0 Å². The minimum absolute atomic E-state index is 0.163. The minimum Gasteiger partial charge on any atom is -0.368 e. The Morgan fingerprint density at radius 1 is 1.43 bits per heavy atom. The Morgan fingerprint density at radius 3 is 3.05 bits per heavy atom. The van der Waals surface area contributed by atoms with Crippen LogP contribution in [0.5, 0.6) is 0 Å². The fourth-order valence-electron chi connectivity index (χ4n) is 2.51. The molecule has 112 valence electrons. The van der Waals surface area contributed by atoms with Crippen molar-refractivity contribution in [3.8, 4) is 0 Å². The molecule has 2 aromatic rings. The van der Waals surface area contributed by atoms with E-state index >= 15 is 0 Å². The lowest BCUT2D eigenvalue weighted by Gasteiger charge is -2.32. The molecule has 0 radical (unpaired) electrons. The summed E-state index contributed by atoms with van der Waals surface area (Å²) >= 11 is 0. The molecule has 1 fully saturated rings. The number of imidazole rings is 1. The van der Waals surface area contributed by atoms with Gasteiger partial charge in [0.2, 0.25) is 0 Å². The molecular formula is C15H17F2N3O. The fourth-order valence-corrected chi connectivity index (χ4v) is 2.51. The first-order chi connectivity index (χ1) is 10.1. The third-order valence-electron chi connectivity index (χ3n) is 3.58. The van der Waals surface area contributed by atoms with E-state index in [1.54, 1.807) is 6.20 Å². The molecule has 0 spiro atoms. The summed E-state index contributed by atoms with van der Waals surface area (Å²) in [5.74, 6) is -0.0249. The molecule has 1 aliphatic rings. The van der Waals surface area contributed by atoms with E-state index in [2.05, 4.69) is 9.97 Å². The first-order valence-electron chi connectivity index (χ1n) is 6.91. The fraction of sp³-hybridized carbons (Fsp3) is 0.400. The van der Waals surface area contributed by atoms with Gasteiger partial charge in [0, 0.05) is 37.1 Å². The number of hydrogen-bond acceptors (Lipinski definition) is 3. The standard InChI is InChI=1S/C15H17F2N3O/c1-10-7-18-15(19-10)14-9-20(4-5-21-14)8-11-6-12(16)2-3-13(11)17/h2-3,6-7,14H,4-5,8-9H2,1H3,(H,18,19). The van der Waals surface area contributed by atoms with Crippen LogP contribution in [-0.2, 0) is 11.3 Å². The summed E-state index contributed by atoms with van der Waals surface area (Å²) < 4.78 is 32.6. The molecule has 0 amide bonds. The molecule has 4 nitrogen and oxygen atoms in total. The van der Waals surface area contributed by atoms with Gasteiger partial charge in [-0.3, -0.25) is 4.90 Å². The molecule has 1 aromatic heterocycles. The zero-order valence-corrected chi connectivity index (χ0v) is 11.8. The smallest absolute Gasteiger partial charge is 0.136 e. The number of rotatable bonds is 3. The van der Waals surface area contributed by atoms with Crippen LogP contribution in [0.15, 0.2) is 24.4 Å². The molecule has 0 bridgehead atoms. The van der Waals surface area contributed by atoms with Crippen LogP contribution in [-0.4, -0.2) is 34.6 Å². The second kappa shape index (κ2) is 5.91. The third kappa shape index (κ3) is 3.28. The largest absolute Gasteiger partial charge is 0.368 e. The van der Waals surface area contributed by atoms with Crippen molar-refractivity contribution in [2.75, 3.05) is 19.7 Å². The molecule has 1 atom stereocenters. The number of ether oxygens (including phenoxy) is 1. The van der Waals surface area contributed by atoms with Gasteiger partial charge >= 0.3 is 0 Å². The molecule has 21 heavy (non-hydrogen) atoms. The van der Waals surface area contributed by atoms with E-state index in [1.807, 2.05) is 11.8 Å². The van der Waals surface area contributed by atoms with Crippen molar-refractivity contribution in [1.82, 2.24) is 14.9 Å². The van der Waals surface area contributed by atoms with E-state index in [1.165, 1.54) is 12.1 Å². The second-order valence-corrected chi connectivity index (χ2v) is 5.28. The van der Waals surface area contributed by atoms with Crippen LogP contribution in [0, 0.1) is 18.6 Å². The van der Waals surface area contributed by atoms with E-state index in [0.29, 0.717) is 31.8 Å². The zero-order chi connectivity index (χ0) is 14.8. The van der Waals surface area contributed by atoms with Crippen molar-refractivity contribution < 1.29 is 13.5 Å². The summed E-state index contributed by atoms with van der Waals surface area (Å²) in [5.41, 5.74) is 1.34. The first kappa shape index (κ1) is 14.2. The van der Waals surface area contributed by atoms with Crippen LogP contribution in [0.2, 0.25) is 0 Å². The van der Waals surface area contributed by atoms with Gasteiger partial charge in [0.05, 0.1) is 6.61 Å². The molecule has 1 aromatic carbocycles. The van der Waals surface area contributed by atoms with Crippen LogP contribution >= 0.6 is 0 Å². The molecule has 2 heterocycles. The van der Waals surface area contributed by atoms with Gasteiger partial charge in [-0.05, 0) is 25.1 Å². The highest BCUT2D eigenvalue weighted by molar-refractivity contribution is 5.18. The zero-order valence-electron chi connectivity index (χ0n) is 11.8. The van der Waals surface area contributed by atoms with Gasteiger partial charge in [0.15, 0.2) is 0 Å². The number of benzene rings is 1. The molecule has 0 saturated carbocycles. The minimum atomic E-state index is -0.419. The SMILES string of the molecule is Cc1cnc(C2CN(Cc3cc(F)ccc3F)CCO2)[nH]1. The summed E-state index contributed by atoms with van der Waals surface area (Å²) in [4.78, 5) is 9.47. The summed E-state index contributed by atoms with van der Waals surface area (Å²) in [6.45, 7) is 4.12. The average molecular weight is 293 g/mol. The van der Waals surface area contributed by atoms with Crippen molar-refractivity contribution in [3.63, 3.8) is 0 Å². The lowest BCUT2D eigenvalue weighted by Crippen LogP contribution is -2.38. The number of nitrogens with zero attached hydrogens (tertiary/aromatic N) is 2. The van der Waals surface area contributed by atoms with Crippen molar-refractivity contribution in [2.45, 2.75) is 19.6 Å². The quantitative estimate of drug-likeness (QED) is 0.945. The number of halogens is 2. The predicted octanol–water partition coefficient (Wildman–Crippen LogP) is 2.57. The highest BCUT2D eigenvalue weighted by Crippen LogP contribution is 2.22. The molecule has 1 aliphatic heterocycles. The van der Waals surface area contributed by atoms with Gasteiger partial charge in [-0.15, -0.1) is 0 Å². The number of aromatic nitrogens is 2. The highest BCUT2D eigenvalue weighted by atomic mass is 19.1. The number of hydrogen-bond donors (Lipinski definition) is 1. The first-order valence-corrected chi connectivity index (χ1v) is 6.91. The van der Waals surface area contributed by atoms with Gasteiger partial charge < -0.3 is 9.72 Å². The summed E-state index contributed by atoms with van der Waals surface area (Å²) in [7, 11) is 0. The van der Waals surface area contributed by atoms with E-state index in [-0.39, 0.29) is 11.9 Å². The monoisotopic (exact) mass is 293 g/mol. The van der Waals surface area contributed by atoms with E-state index < -0.39 is 5.82 Å². The number of aromatic amines is 1. The average Bonchev–Trinajstić information content (AvgIpc) is 2.90. The maximum Gasteiger partial charge on any atom is 0.136 e. The topological polar surface area (TPSA) is 41.2 Å². The Morgan fingerprint density at radius 2 is 2.29 bits per heavy atom. The van der Waals surface area contributed by atoms with Crippen LogP contribution in [0.1, 0.15) is 23.2 Å². The van der Waals surface area contributed by atoms with E-state index in [0.717, 1.165) is 17.6 Å². The Bertz CT molecular complexity index is 629. The Hall–Kier alpha value is -1.79. The van der Waals surface area contributed by atoms with Crippen LogP contribution in [0.4, 0.5) is 8.78 Å². The maximum atomic E-state index is 13.7. The molecule has 1 unspecified atom stereocenters. The lowest BCUT2D eigenvalue weighted by molar-refractivity contribution is -0.0371. The third-order valence-corrected chi connectivity index (χ3v) is 3.58. The van der Waals surface area contributed by atoms with Gasteiger partial charge in [0.1, 0.15) is 23.6 Å². The van der Waals surface area contributed by atoms with Crippen LogP contribution in [0.3, 0.4) is 0 Å². The normalized spacial score (nSPS) is 19.9. The van der Waals surface area contributed by atoms with Gasteiger partial charge in [-0.1, -0.05) is 0 Å². The summed E-state index contributed by atoms with van der Waals surface area (Å²) in [6, 6.07) is 3.54. The van der Waals surface area contributed by atoms with Crippen molar-refractivity contribution in [1.29, 1.82) is 0 Å². The van der Waals surface area contributed by atoms with Gasteiger partial charge in [0.25, 0.3) is 0 Å². The van der Waals surface area contributed by atoms with Crippen LogP contribution < -0.4 is 0 Å². The number of H-pyrrole nitrogens is 1. The number of aryl methyl sites for hydroxylation is 1. The van der Waals surface area contributed by atoms with Crippen molar-refractivity contribution in [2.24, 2.45) is 0 Å². The summed E-state index contributed by atoms with van der Waals surface area (Å²) in [6.07, 6.45) is 1.59. The number of nitrogens with one attached hydrogen (secondary N) is 1. The molecule has 1 saturated heterocycles. The molecule has 0 aliphatic carbocycles. The highest BCUT2D eigenvalue weighted by Gasteiger charge is 2.24. The van der Waals surface area contributed by atoms with E-state index in [4.69, 9.17) is 4.74 Å². The molecule has 6 heteroatoms. The second-order valence-electron chi connectivity index (χ2n) is 5.28. The van der Waals surface area contributed by atoms with Gasteiger partial charge in [-0.2, -0.15) is 0 Å². The van der Waals surface area contributed by atoms with E-state index in [9.17, 15) is 8.78 Å².